The Morgan fingerprint density at radius 2 is 2.10 bits per heavy atom. The second-order valence-corrected chi connectivity index (χ2v) is 6.16. The predicted molar refractivity (Wildman–Crippen MR) is 98.1 cm³/mol. The summed E-state index contributed by atoms with van der Waals surface area (Å²) in [5, 5.41) is 9.65. The number of nitrogens with two attached hydrogens (primary N) is 1. The Labute approximate surface area is 164 Å². The molecule has 1 aliphatic heterocycles. The summed E-state index contributed by atoms with van der Waals surface area (Å²) in [7, 11) is 0. The number of para-hydroxylation sites is 1. The van der Waals surface area contributed by atoms with Gasteiger partial charge >= 0.3 is 5.63 Å². The molecule has 3 rings (SSSR count). The first-order chi connectivity index (χ1) is 13.9. The van der Waals surface area contributed by atoms with E-state index >= 15 is 0 Å². The van der Waals surface area contributed by atoms with Crippen LogP contribution in [-0.4, -0.2) is 19.6 Å². The number of aryl methyl sites for hydroxylation is 1. The van der Waals surface area contributed by atoms with Crippen LogP contribution in [0.5, 0.6) is 17.2 Å². The van der Waals surface area contributed by atoms with Gasteiger partial charge in [-0.05, 0) is 19.9 Å². The van der Waals surface area contributed by atoms with Gasteiger partial charge in [0.05, 0.1) is 18.1 Å². The largest absolute Gasteiger partial charge is 0.490 e. The molecule has 0 amide bonds. The lowest BCUT2D eigenvalue weighted by atomic mass is 9.83. The number of benzene rings is 1. The van der Waals surface area contributed by atoms with Gasteiger partial charge in [0.15, 0.2) is 11.5 Å². The molecule has 29 heavy (non-hydrogen) atoms. The third kappa shape index (κ3) is 3.87. The van der Waals surface area contributed by atoms with E-state index < -0.39 is 24.6 Å². The number of fused-ring (bicyclic) bond motifs is 1. The number of ether oxygens (including phenoxy) is 3. The van der Waals surface area contributed by atoms with Crippen LogP contribution in [0.25, 0.3) is 0 Å². The molecule has 2 aromatic rings. The van der Waals surface area contributed by atoms with Gasteiger partial charge in [0.1, 0.15) is 29.8 Å². The maximum absolute atomic E-state index is 12.8. The predicted octanol–water partition coefficient (Wildman–Crippen LogP) is 3.21. The number of rotatable bonds is 6. The molecule has 1 aromatic carbocycles. The summed E-state index contributed by atoms with van der Waals surface area (Å²) in [6.45, 7) is 2.65. The molecule has 0 radical (unpaired) electrons. The van der Waals surface area contributed by atoms with Crippen LogP contribution in [0.15, 0.2) is 44.9 Å². The Kier molecular flexibility index (Phi) is 5.73. The number of nitriles is 1. The maximum Gasteiger partial charge on any atom is 0.343 e. The second kappa shape index (κ2) is 8.22. The van der Waals surface area contributed by atoms with Crippen molar-refractivity contribution >= 4 is 0 Å². The van der Waals surface area contributed by atoms with E-state index in [0.717, 1.165) is 0 Å². The Bertz CT molecular complexity index is 1060. The molecule has 0 spiro atoms. The molecule has 0 saturated heterocycles. The van der Waals surface area contributed by atoms with E-state index in [4.69, 9.17) is 24.4 Å². The molecule has 9 heteroatoms. The van der Waals surface area contributed by atoms with Crippen molar-refractivity contribution < 1.29 is 27.4 Å². The van der Waals surface area contributed by atoms with Gasteiger partial charge in [0, 0.05) is 11.6 Å². The lowest BCUT2D eigenvalue weighted by Crippen LogP contribution is -2.27. The molecule has 1 aromatic heterocycles. The van der Waals surface area contributed by atoms with Crippen molar-refractivity contribution in [2.45, 2.75) is 26.2 Å². The van der Waals surface area contributed by atoms with Crippen molar-refractivity contribution in [1.82, 2.24) is 0 Å². The van der Waals surface area contributed by atoms with E-state index in [1.54, 1.807) is 32.0 Å². The molecule has 1 atom stereocenters. The topological polar surface area (TPSA) is 108 Å². The van der Waals surface area contributed by atoms with Gasteiger partial charge in [-0.15, -0.1) is 0 Å². The van der Waals surface area contributed by atoms with Crippen molar-refractivity contribution in [1.29, 1.82) is 5.26 Å². The summed E-state index contributed by atoms with van der Waals surface area (Å²) in [6, 6.07) is 8.10. The molecule has 1 aliphatic rings. The zero-order chi connectivity index (χ0) is 21.1. The van der Waals surface area contributed by atoms with Crippen molar-refractivity contribution in [2.75, 3.05) is 13.2 Å². The summed E-state index contributed by atoms with van der Waals surface area (Å²) in [5.74, 6) is -0.621. The number of halogens is 2. The molecule has 0 fully saturated rings. The monoisotopic (exact) mass is 404 g/mol. The van der Waals surface area contributed by atoms with Gasteiger partial charge < -0.3 is 24.4 Å². The molecule has 152 valence electrons. The summed E-state index contributed by atoms with van der Waals surface area (Å²) < 4.78 is 47.1. The van der Waals surface area contributed by atoms with Gasteiger partial charge in [-0.2, -0.15) is 5.26 Å². The zero-order valence-electron chi connectivity index (χ0n) is 15.7. The minimum atomic E-state index is -2.73. The SMILES string of the molecule is CCOc1cccc(C2C(C#N)=C(N)Oc3cc(C)oc(=O)c32)c1OCC(F)F. The molecule has 2 heterocycles. The first-order valence-electron chi connectivity index (χ1n) is 8.76. The second-order valence-electron chi connectivity index (χ2n) is 6.16. The first kappa shape index (κ1) is 20.2. The lowest BCUT2D eigenvalue weighted by Gasteiger charge is -2.27. The van der Waals surface area contributed by atoms with Crippen molar-refractivity contribution in [3.05, 3.63) is 63.0 Å². The van der Waals surface area contributed by atoms with Gasteiger partial charge in [0.2, 0.25) is 5.88 Å². The zero-order valence-corrected chi connectivity index (χ0v) is 15.7. The highest BCUT2D eigenvalue weighted by atomic mass is 19.3. The Morgan fingerprint density at radius 3 is 2.76 bits per heavy atom. The average Bonchev–Trinajstić information content (AvgIpc) is 2.65. The maximum atomic E-state index is 12.8. The average molecular weight is 404 g/mol. The number of hydrogen-bond acceptors (Lipinski definition) is 7. The van der Waals surface area contributed by atoms with Gasteiger partial charge in [-0.25, -0.2) is 13.6 Å². The Morgan fingerprint density at radius 1 is 1.34 bits per heavy atom. The highest BCUT2D eigenvalue weighted by molar-refractivity contribution is 5.60. The Hall–Kier alpha value is -3.54. The van der Waals surface area contributed by atoms with E-state index in [1.165, 1.54) is 6.07 Å². The third-order valence-electron chi connectivity index (χ3n) is 4.23. The van der Waals surface area contributed by atoms with Gasteiger partial charge in [0.25, 0.3) is 6.43 Å². The standard InChI is InChI=1S/C20H18F2N2O5/c1-3-26-13-6-4-5-11(18(13)27-9-15(21)22)16-12(8-23)19(24)29-14-7-10(2)28-20(25)17(14)16/h4-7,15-16H,3,9,24H2,1-2H3. The van der Waals surface area contributed by atoms with E-state index in [0.29, 0.717) is 0 Å². The van der Waals surface area contributed by atoms with Crippen LogP contribution >= 0.6 is 0 Å². The Balaban J connectivity index is 2.28. The van der Waals surface area contributed by atoms with Crippen LogP contribution in [0, 0.1) is 18.3 Å². The molecular formula is C20H18F2N2O5. The van der Waals surface area contributed by atoms with E-state index in [9.17, 15) is 18.8 Å². The fourth-order valence-electron chi connectivity index (χ4n) is 3.16. The van der Waals surface area contributed by atoms with Crippen LogP contribution in [0.3, 0.4) is 0 Å². The van der Waals surface area contributed by atoms with Crippen LogP contribution in [0.1, 0.15) is 29.7 Å². The number of alkyl halides is 2. The number of nitrogens with zero attached hydrogens (tertiary/aromatic N) is 1. The van der Waals surface area contributed by atoms with Crippen LogP contribution in [0.4, 0.5) is 8.78 Å². The molecule has 0 saturated carbocycles. The minimum absolute atomic E-state index is 0.00646. The van der Waals surface area contributed by atoms with E-state index in [1.807, 2.05) is 6.07 Å². The third-order valence-corrected chi connectivity index (χ3v) is 4.23. The van der Waals surface area contributed by atoms with Gasteiger partial charge in [-0.1, -0.05) is 12.1 Å². The van der Waals surface area contributed by atoms with E-state index in [-0.39, 0.29) is 52.2 Å². The quantitative estimate of drug-likeness (QED) is 0.788. The first-order valence-corrected chi connectivity index (χ1v) is 8.76. The van der Waals surface area contributed by atoms with Crippen LogP contribution < -0.4 is 25.6 Å². The van der Waals surface area contributed by atoms with E-state index in [2.05, 4.69) is 0 Å². The lowest BCUT2D eigenvalue weighted by molar-refractivity contribution is 0.0795. The molecule has 0 bridgehead atoms. The molecule has 0 aliphatic carbocycles. The summed E-state index contributed by atoms with van der Waals surface area (Å²) in [5.41, 5.74) is 5.40. The summed E-state index contributed by atoms with van der Waals surface area (Å²) >= 11 is 0. The molecule has 7 nitrogen and oxygen atoms in total. The molecular weight excluding hydrogens is 386 g/mol. The highest BCUT2D eigenvalue weighted by Crippen LogP contribution is 2.46. The van der Waals surface area contributed by atoms with Crippen molar-refractivity contribution in [3.63, 3.8) is 0 Å². The normalized spacial score (nSPS) is 15.5. The fraction of sp³-hybridized carbons (Fsp3) is 0.300. The highest BCUT2D eigenvalue weighted by Gasteiger charge is 2.36. The molecule has 1 unspecified atom stereocenters. The van der Waals surface area contributed by atoms with Crippen LogP contribution in [-0.2, 0) is 0 Å². The summed E-state index contributed by atoms with van der Waals surface area (Å²) in [4.78, 5) is 12.6. The number of hydrogen-bond donors (Lipinski definition) is 1. The van der Waals surface area contributed by atoms with Crippen molar-refractivity contribution in [2.24, 2.45) is 5.73 Å². The molecule has 2 N–H and O–H groups in total. The van der Waals surface area contributed by atoms with Crippen molar-refractivity contribution in [3.8, 4) is 23.3 Å². The van der Waals surface area contributed by atoms with Crippen LogP contribution in [0.2, 0.25) is 0 Å². The summed E-state index contributed by atoms with van der Waals surface area (Å²) in [6.07, 6.45) is -2.73. The fourth-order valence-corrected chi connectivity index (χ4v) is 3.16. The minimum Gasteiger partial charge on any atom is -0.490 e. The van der Waals surface area contributed by atoms with Gasteiger partial charge in [-0.3, -0.25) is 0 Å². The number of allylic oxidation sites excluding steroid dienone is 1. The smallest absolute Gasteiger partial charge is 0.343 e.